The number of aliphatic imine (C=N–C) groups is 1. The van der Waals surface area contributed by atoms with Crippen molar-refractivity contribution >= 4 is 39.8 Å². The van der Waals surface area contributed by atoms with Crippen molar-refractivity contribution in [1.82, 2.24) is 10.2 Å². The number of hydrogen-bond acceptors (Lipinski definition) is 3. The van der Waals surface area contributed by atoms with Crippen molar-refractivity contribution in [3.8, 4) is 0 Å². The fourth-order valence-electron chi connectivity index (χ4n) is 2.23. The maximum absolute atomic E-state index is 12.2. The SMILES string of the molecule is C=CCCCN(C)C(=NCCCS(=O)(=O)c1ccccc1)NCC.I. The van der Waals surface area contributed by atoms with Gasteiger partial charge in [-0.2, -0.15) is 0 Å². The first-order chi connectivity index (χ1) is 11.5. The Kier molecular flexibility index (Phi) is 12.6. The third-order valence-electron chi connectivity index (χ3n) is 3.53. The minimum Gasteiger partial charge on any atom is -0.357 e. The number of sulfone groups is 1. The molecular formula is C18H30IN3O2S. The summed E-state index contributed by atoms with van der Waals surface area (Å²) in [4.78, 5) is 6.98. The zero-order valence-electron chi connectivity index (χ0n) is 15.1. The molecule has 0 saturated heterocycles. The summed E-state index contributed by atoms with van der Waals surface area (Å²) in [5, 5.41) is 3.24. The van der Waals surface area contributed by atoms with Gasteiger partial charge in [0.05, 0.1) is 10.6 Å². The van der Waals surface area contributed by atoms with Crippen molar-refractivity contribution in [3.05, 3.63) is 43.0 Å². The van der Waals surface area contributed by atoms with E-state index in [-0.39, 0.29) is 29.7 Å². The van der Waals surface area contributed by atoms with Crippen LogP contribution in [0.25, 0.3) is 0 Å². The molecule has 1 aromatic carbocycles. The number of benzene rings is 1. The Hall–Kier alpha value is -1.09. The molecule has 25 heavy (non-hydrogen) atoms. The van der Waals surface area contributed by atoms with E-state index in [1.165, 1.54) is 0 Å². The zero-order chi connectivity index (χ0) is 17.8. The molecule has 1 rings (SSSR count). The maximum atomic E-state index is 12.2. The van der Waals surface area contributed by atoms with Crippen molar-refractivity contribution in [2.24, 2.45) is 4.99 Å². The van der Waals surface area contributed by atoms with Crippen LogP contribution in [-0.2, 0) is 9.84 Å². The molecule has 0 aliphatic heterocycles. The van der Waals surface area contributed by atoms with Crippen molar-refractivity contribution < 1.29 is 8.42 Å². The van der Waals surface area contributed by atoms with Crippen LogP contribution in [0.5, 0.6) is 0 Å². The molecule has 7 heteroatoms. The molecule has 0 aliphatic carbocycles. The summed E-state index contributed by atoms with van der Waals surface area (Å²) in [7, 11) is -1.23. The van der Waals surface area contributed by atoms with E-state index in [1.54, 1.807) is 24.3 Å². The minimum absolute atomic E-state index is 0. The van der Waals surface area contributed by atoms with E-state index in [4.69, 9.17) is 0 Å². The third-order valence-corrected chi connectivity index (χ3v) is 5.35. The third kappa shape index (κ3) is 9.25. The van der Waals surface area contributed by atoms with Gasteiger partial charge in [0, 0.05) is 26.7 Å². The first-order valence-electron chi connectivity index (χ1n) is 8.39. The highest BCUT2D eigenvalue weighted by molar-refractivity contribution is 14.0. The highest BCUT2D eigenvalue weighted by Crippen LogP contribution is 2.11. The van der Waals surface area contributed by atoms with Crippen LogP contribution < -0.4 is 5.32 Å². The van der Waals surface area contributed by atoms with Crippen LogP contribution in [-0.4, -0.2) is 51.7 Å². The molecule has 1 N–H and O–H groups in total. The van der Waals surface area contributed by atoms with Gasteiger partial charge in [-0.25, -0.2) is 8.42 Å². The second kappa shape index (κ2) is 13.2. The second-order valence-corrected chi connectivity index (χ2v) is 7.68. The van der Waals surface area contributed by atoms with E-state index >= 15 is 0 Å². The molecule has 0 aromatic heterocycles. The average Bonchev–Trinajstić information content (AvgIpc) is 2.58. The molecule has 0 bridgehead atoms. The van der Waals surface area contributed by atoms with Crippen LogP contribution >= 0.6 is 24.0 Å². The van der Waals surface area contributed by atoms with Crippen molar-refractivity contribution in [2.75, 3.05) is 32.4 Å². The molecule has 0 amide bonds. The van der Waals surface area contributed by atoms with E-state index in [2.05, 4.69) is 21.8 Å². The Labute approximate surface area is 169 Å². The molecule has 0 spiro atoms. The summed E-state index contributed by atoms with van der Waals surface area (Å²) in [5.74, 6) is 0.929. The summed E-state index contributed by atoms with van der Waals surface area (Å²) in [5.41, 5.74) is 0. The van der Waals surface area contributed by atoms with Gasteiger partial charge < -0.3 is 10.2 Å². The molecule has 0 heterocycles. The van der Waals surface area contributed by atoms with Gasteiger partial charge in [0.25, 0.3) is 0 Å². The van der Waals surface area contributed by atoms with Gasteiger partial charge in [0.1, 0.15) is 0 Å². The first-order valence-corrected chi connectivity index (χ1v) is 10.0. The lowest BCUT2D eigenvalue weighted by molar-refractivity contribution is 0.470. The average molecular weight is 479 g/mol. The lowest BCUT2D eigenvalue weighted by atomic mass is 10.3. The normalized spacial score (nSPS) is 11.5. The number of nitrogens with one attached hydrogen (secondary N) is 1. The predicted octanol–water partition coefficient (Wildman–Crippen LogP) is 3.33. The molecule has 0 unspecified atom stereocenters. The quantitative estimate of drug-likeness (QED) is 0.184. The molecular weight excluding hydrogens is 449 g/mol. The lowest BCUT2D eigenvalue weighted by Gasteiger charge is -2.21. The summed E-state index contributed by atoms with van der Waals surface area (Å²) >= 11 is 0. The summed E-state index contributed by atoms with van der Waals surface area (Å²) in [6.45, 7) is 7.91. The van der Waals surface area contributed by atoms with Crippen LogP contribution in [0.1, 0.15) is 26.2 Å². The minimum atomic E-state index is -3.22. The summed E-state index contributed by atoms with van der Waals surface area (Å²) in [6, 6.07) is 8.57. The van der Waals surface area contributed by atoms with Gasteiger partial charge in [0.2, 0.25) is 0 Å². The van der Waals surface area contributed by atoms with E-state index in [9.17, 15) is 8.42 Å². The smallest absolute Gasteiger partial charge is 0.193 e. The highest BCUT2D eigenvalue weighted by Gasteiger charge is 2.13. The summed E-state index contributed by atoms with van der Waals surface area (Å²) < 4.78 is 24.5. The van der Waals surface area contributed by atoms with Gasteiger partial charge in [-0.3, -0.25) is 4.99 Å². The van der Waals surface area contributed by atoms with Crippen molar-refractivity contribution in [2.45, 2.75) is 31.1 Å². The van der Waals surface area contributed by atoms with Crippen LogP contribution in [0.4, 0.5) is 0 Å². The van der Waals surface area contributed by atoms with Crippen molar-refractivity contribution in [3.63, 3.8) is 0 Å². The Morgan fingerprint density at radius 2 is 1.96 bits per heavy atom. The topological polar surface area (TPSA) is 61.8 Å². The number of hydrogen-bond donors (Lipinski definition) is 1. The van der Waals surface area contributed by atoms with Gasteiger partial charge in [-0.05, 0) is 38.3 Å². The molecule has 142 valence electrons. The van der Waals surface area contributed by atoms with E-state index < -0.39 is 9.84 Å². The van der Waals surface area contributed by atoms with Crippen LogP contribution in [0.3, 0.4) is 0 Å². The fraction of sp³-hybridized carbons (Fsp3) is 0.500. The number of nitrogens with zero attached hydrogens (tertiary/aromatic N) is 2. The van der Waals surface area contributed by atoms with Gasteiger partial charge >= 0.3 is 0 Å². The highest BCUT2D eigenvalue weighted by atomic mass is 127. The fourth-order valence-corrected chi connectivity index (χ4v) is 3.55. The molecule has 0 aliphatic rings. The van der Waals surface area contributed by atoms with Gasteiger partial charge in [-0.15, -0.1) is 30.6 Å². The van der Waals surface area contributed by atoms with Gasteiger partial charge in [0.15, 0.2) is 15.8 Å². The lowest BCUT2D eigenvalue weighted by Crippen LogP contribution is -2.39. The molecule has 0 radical (unpaired) electrons. The standard InChI is InChI=1S/C18H29N3O2S.HI/c1-4-6-10-15-21(3)18(19-5-2)20-14-11-16-24(22,23)17-12-8-7-9-13-17;/h4,7-9,12-13H,1,5-6,10-11,14-16H2,2-3H3,(H,19,20);1H. The van der Waals surface area contributed by atoms with E-state index in [0.29, 0.717) is 17.9 Å². The molecule has 5 nitrogen and oxygen atoms in total. The van der Waals surface area contributed by atoms with Crippen molar-refractivity contribution in [1.29, 1.82) is 0 Å². The largest absolute Gasteiger partial charge is 0.357 e. The number of guanidine groups is 1. The first kappa shape index (κ1) is 23.9. The maximum Gasteiger partial charge on any atom is 0.193 e. The van der Waals surface area contributed by atoms with Crippen LogP contribution in [0.2, 0.25) is 0 Å². The number of halogens is 1. The summed E-state index contributed by atoms with van der Waals surface area (Å²) in [6.07, 6.45) is 4.41. The Bertz CT molecular complexity index is 618. The second-order valence-electron chi connectivity index (χ2n) is 5.57. The van der Waals surface area contributed by atoms with E-state index in [0.717, 1.165) is 31.9 Å². The molecule has 0 saturated carbocycles. The van der Waals surface area contributed by atoms with Crippen LogP contribution in [0, 0.1) is 0 Å². The number of unbranched alkanes of at least 4 members (excludes halogenated alkanes) is 1. The van der Waals surface area contributed by atoms with Crippen LogP contribution in [0.15, 0.2) is 52.9 Å². The Balaban J connectivity index is 0.00000576. The zero-order valence-corrected chi connectivity index (χ0v) is 18.3. The van der Waals surface area contributed by atoms with E-state index in [1.807, 2.05) is 26.1 Å². The predicted molar refractivity (Wildman–Crippen MR) is 117 cm³/mol. The molecule has 1 aromatic rings. The Morgan fingerprint density at radius 3 is 2.56 bits per heavy atom. The molecule has 0 atom stereocenters. The number of rotatable bonds is 10. The Morgan fingerprint density at radius 1 is 1.28 bits per heavy atom. The molecule has 0 fully saturated rings. The monoisotopic (exact) mass is 479 g/mol. The number of allylic oxidation sites excluding steroid dienone is 1. The van der Waals surface area contributed by atoms with Gasteiger partial charge in [-0.1, -0.05) is 24.3 Å².